The van der Waals surface area contributed by atoms with Crippen LogP contribution in [0.3, 0.4) is 0 Å². The lowest BCUT2D eigenvalue weighted by molar-refractivity contribution is 0.704. The molecule has 20 heavy (non-hydrogen) atoms. The van der Waals surface area contributed by atoms with Crippen LogP contribution in [-0.2, 0) is 13.0 Å². The van der Waals surface area contributed by atoms with E-state index in [4.69, 9.17) is 5.73 Å². The Hall–Kier alpha value is -2.30. The topological polar surface area (TPSA) is 72.9 Å². The van der Waals surface area contributed by atoms with Gasteiger partial charge in [-0.3, -0.25) is 4.79 Å². The molecule has 1 unspecified atom stereocenters. The number of hydrogen-bond acceptors (Lipinski definition) is 4. The van der Waals surface area contributed by atoms with Crippen LogP contribution in [0.1, 0.15) is 30.5 Å². The van der Waals surface area contributed by atoms with E-state index in [2.05, 4.69) is 10.3 Å². The molecule has 5 nitrogen and oxygen atoms in total. The highest BCUT2D eigenvalue weighted by molar-refractivity contribution is 5.50. The van der Waals surface area contributed by atoms with Gasteiger partial charge >= 0.3 is 0 Å². The largest absolute Gasteiger partial charge is 0.399 e. The predicted molar refractivity (Wildman–Crippen MR) is 79.7 cm³/mol. The molecule has 1 aromatic heterocycles. The Balaban J connectivity index is 1.90. The predicted octanol–water partition coefficient (Wildman–Crippen LogP) is 1.94. The van der Waals surface area contributed by atoms with E-state index in [1.165, 1.54) is 11.1 Å². The number of nitrogens with two attached hydrogens (primary N) is 1. The number of nitrogen functional groups attached to an aromatic ring is 1. The third kappa shape index (κ3) is 2.15. The zero-order chi connectivity index (χ0) is 14.1. The maximum absolute atomic E-state index is 12.2. The third-order valence-electron chi connectivity index (χ3n) is 3.81. The van der Waals surface area contributed by atoms with Crippen molar-refractivity contribution in [3.05, 3.63) is 52.1 Å². The van der Waals surface area contributed by atoms with Crippen LogP contribution in [0.15, 0.2) is 35.4 Å². The minimum atomic E-state index is -0.0705. The summed E-state index contributed by atoms with van der Waals surface area (Å²) in [6.07, 6.45) is 5.30. The van der Waals surface area contributed by atoms with Gasteiger partial charge in [-0.25, -0.2) is 4.98 Å². The lowest BCUT2D eigenvalue weighted by Crippen LogP contribution is -2.25. The number of fused-ring (bicyclic) bond motifs is 1. The summed E-state index contributed by atoms with van der Waals surface area (Å²) in [5.41, 5.74) is 9.00. The Kier molecular flexibility index (Phi) is 3.18. The lowest BCUT2D eigenvalue weighted by atomic mass is 10.1. The first-order valence-corrected chi connectivity index (χ1v) is 6.89. The molecule has 2 aromatic rings. The van der Waals surface area contributed by atoms with Crippen molar-refractivity contribution in [2.24, 2.45) is 0 Å². The van der Waals surface area contributed by atoms with Gasteiger partial charge in [0, 0.05) is 24.6 Å². The number of aryl methyl sites for hydroxylation is 2. The average molecular weight is 270 g/mol. The summed E-state index contributed by atoms with van der Waals surface area (Å²) in [6, 6.07) is 6.09. The molecule has 3 N–H and O–H groups in total. The second-order valence-electron chi connectivity index (χ2n) is 5.06. The number of anilines is 2. The Morgan fingerprint density at radius 3 is 3.15 bits per heavy atom. The van der Waals surface area contributed by atoms with Crippen molar-refractivity contribution < 1.29 is 0 Å². The summed E-state index contributed by atoms with van der Waals surface area (Å²) in [5.74, 6) is 0.420. The number of nitrogens with zero attached hydrogens (tertiary/aromatic N) is 2. The van der Waals surface area contributed by atoms with Crippen LogP contribution in [0, 0.1) is 0 Å². The van der Waals surface area contributed by atoms with Crippen LogP contribution < -0.4 is 16.6 Å². The first-order valence-electron chi connectivity index (χ1n) is 6.89. The molecule has 1 aliphatic rings. The Labute approximate surface area is 117 Å². The Bertz CT molecular complexity index is 693. The molecule has 1 heterocycles. The van der Waals surface area contributed by atoms with Gasteiger partial charge in [-0.05, 0) is 43.0 Å². The molecule has 0 amide bonds. The minimum absolute atomic E-state index is 0.0705. The molecule has 0 fully saturated rings. The summed E-state index contributed by atoms with van der Waals surface area (Å²) in [7, 11) is 0. The number of hydrogen-bond donors (Lipinski definition) is 2. The maximum atomic E-state index is 12.2. The fourth-order valence-electron chi connectivity index (χ4n) is 2.75. The number of aromatic nitrogens is 2. The summed E-state index contributed by atoms with van der Waals surface area (Å²) < 4.78 is 1.65. The normalized spacial score (nSPS) is 16.9. The van der Waals surface area contributed by atoms with E-state index in [-0.39, 0.29) is 11.6 Å². The standard InChI is InChI=1S/C15H18N4O/c1-2-19-8-7-17-14(15(19)20)18-13-6-3-10-9-11(16)4-5-12(10)13/h4-5,7-9,13H,2-3,6,16H2,1H3,(H,17,18). The summed E-state index contributed by atoms with van der Waals surface area (Å²) >= 11 is 0. The molecule has 0 spiro atoms. The first-order chi connectivity index (χ1) is 9.69. The van der Waals surface area contributed by atoms with Crippen LogP contribution in [-0.4, -0.2) is 9.55 Å². The number of benzene rings is 1. The van der Waals surface area contributed by atoms with Crippen molar-refractivity contribution in [3.8, 4) is 0 Å². The molecule has 0 saturated heterocycles. The summed E-state index contributed by atoms with van der Waals surface area (Å²) in [5, 5.41) is 3.27. The van der Waals surface area contributed by atoms with Crippen molar-refractivity contribution in [2.45, 2.75) is 32.4 Å². The quantitative estimate of drug-likeness (QED) is 0.836. The Morgan fingerprint density at radius 2 is 2.35 bits per heavy atom. The average Bonchev–Trinajstić information content (AvgIpc) is 2.83. The molecule has 3 rings (SSSR count). The molecule has 0 saturated carbocycles. The third-order valence-corrected chi connectivity index (χ3v) is 3.81. The van der Waals surface area contributed by atoms with Crippen molar-refractivity contribution >= 4 is 11.5 Å². The smallest absolute Gasteiger partial charge is 0.293 e. The minimum Gasteiger partial charge on any atom is -0.399 e. The van der Waals surface area contributed by atoms with Crippen LogP contribution in [0.2, 0.25) is 0 Å². The molecule has 5 heteroatoms. The van der Waals surface area contributed by atoms with E-state index < -0.39 is 0 Å². The number of nitrogens with one attached hydrogen (secondary N) is 1. The van der Waals surface area contributed by atoms with Gasteiger partial charge in [-0.2, -0.15) is 0 Å². The SMILES string of the molecule is CCn1ccnc(NC2CCc3cc(N)ccc32)c1=O. The van der Waals surface area contributed by atoms with Gasteiger partial charge in [0.15, 0.2) is 5.82 Å². The van der Waals surface area contributed by atoms with Gasteiger partial charge in [-0.1, -0.05) is 6.07 Å². The second-order valence-corrected chi connectivity index (χ2v) is 5.06. The van der Waals surface area contributed by atoms with Gasteiger partial charge in [0.25, 0.3) is 5.56 Å². The molecule has 0 aliphatic heterocycles. The van der Waals surface area contributed by atoms with Crippen LogP contribution >= 0.6 is 0 Å². The van der Waals surface area contributed by atoms with Crippen molar-refractivity contribution in [2.75, 3.05) is 11.1 Å². The lowest BCUT2D eigenvalue weighted by Gasteiger charge is -2.15. The van der Waals surface area contributed by atoms with E-state index in [1.807, 2.05) is 25.1 Å². The highest BCUT2D eigenvalue weighted by Gasteiger charge is 2.23. The van der Waals surface area contributed by atoms with Crippen LogP contribution in [0.4, 0.5) is 11.5 Å². The van der Waals surface area contributed by atoms with Crippen LogP contribution in [0.25, 0.3) is 0 Å². The van der Waals surface area contributed by atoms with E-state index in [9.17, 15) is 4.79 Å². The molecular formula is C15H18N4O. The van der Waals surface area contributed by atoms with Crippen molar-refractivity contribution in [1.29, 1.82) is 0 Å². The Morgan fingerprint density at radius 1 is 1.50 bits per heavy atom. The van der Waals surface area contributed by atoms with E-state index in [0.717, 1.165) is 18.5 Å². The highest BCUT2D eigenvalue weighted by atomic mass is 16.1. The van der Waals surface area contributed by atoms with Gasteiger partial charge in [0.05, 0.1) is 6.04 Å². The zero-order valence-corrected chi connectivity index (χ0v) is 11.5. The fraction of sp³-hybridized carbons (Fsp3) is 0.333. The molecule has 0 bridgehead atoms. The van der Waals surface area contributed by atoms with Crippen molar-refractivity contribution in [3.63, 3.8) is 0 Å². The molecule has 1 aromatic carbocycles. The molecule has 104 valence electrons. The fourth-order valence-corrected chi connectivity index (χ4v) is 2.75. The number of rotatable bonds is 3. The summed E-state index contributed by atoms with van der Waals surface area (Å²) in [4.78, 5) is 16.3. The molecule has 0 radical (unpaired) electrons. The van der Waals surface area contributed by atoms with Crippen LogP contribution in [0.5, 0.6) is 0 Å². The maximum Gasteiger partial charge on any atom is 0.293 e. The van der Waals surface area contributed by atoms with E-state index in [1.54, 1.807) is 17.0 Å². The second kappa shape index (κ2) is 5.00. The monoisotopic (exact) mass is 270 g/mol. The van der Waals surface area contributed by atoms with E-state index in [0.29, 0.717) is 12.4 Å². The molecule has 1 aliphatic carbocycles. The highest BCUT2D eigenvalue weighted by Crippen LogP contribution is 2.33. The first kappa shape index (κ1) is 12.7. The van der Waals surface area contributed by atoms with Gasteiger partial charge in [-0.15, -0.1) is 0 Å². The van der Waals surface area contributed by atoms with Gasteiger partial charge < -0.3 is 15.6 Å². The van der Waals surface area contributed by atoms with Gasteiger partial charge in [0.1, 0.15) is 0 Å². The summed E-state index contributed by atoms with van der Waals surface area (Å²) in [6.45, 7) is 2.59. The van der Waals surface area contributed by atoms with E-state index >= 15 is 0 Å². The molecular weight excluding hydrogens is 252 g/mol. The van der Waals surface area contributed by atoms with Crippen molar-refractivity contribution in [1.82, 2.24) is 9.55 Å². The zero-order valence-electron chi connectivity index (χ0n) is 11.5. The molecule has 1 atom stereocenters. The van der Waals surface area contributed by atoms with Gasteiger partial charge in [0.2, 0.25) is 0 Å².